The summed E-state index contributed by atoms with van der Waals surface area (Å²) in [7, 11) is 1.69. The van der Waals surface area contributed by atoms with Crippen LogP contribution in [0.1, 0.15) is 13.8 Å². The van der Waals surface area contributed by atoms with E-state index in [1.54, 1.807) is 27.0 Å². The van der Waals surface area contributed by atoms with Crippen molar-refractivity contribution in [1.82, 2.24) is 9.13 Å². The summed E-state index contributed by atoms with van der Waals surface area (Å²) in [5, 5.41) is 0. The van der Waals surface area contributed by atoms with Crippen molar-refractivity contribution < 1.29 is 4.39 Å². The molecule has 0 unspecified atom stereocenters. The van der Waals surface area contributed by atoms with Gasteiger partial charge in [0.15, 0.2) is 0 Å². The standard InChI is InChI=1S/C16H18FN3O/c1-4-11(10-12(17)13(18)5-2)20-15-9-7-6-8-14(15)19(3)16(20)21/h4-10H,18H2,1-3H3/b11-4+,12-10+,13-5+. The number of aryl methyl sites for hydroxylation is 1. The molecule has 0 saturated heterocycles. The van der Waals surface area contributed by atoms with Crippen LogP contribution in [0.4, 0.5) is 4.39 Å². The van der Waals surface area contributed by atoms with Crippen LogP contribution in [0, 0.1) is 0 Å². The molecule has 0 bridgehead atoms. The van der Waals surface area contributed by atoms with Gasteiger partial charge in [-0.2, -0.15) is 0 Å². The summed E-state index contributed by atoms with van der Waals surface area (Å²) in [6, 6.07) is 7.37. The van der Waals surface area contributed by atoms with E-state index in [4.69, 9.17) is 5.73 Å². The Bertz CT molecular complexity index is 822. The van der Waals surface area contributed by atoms with E-state index in [2.05, 4.69) is 0 Å². The van der Waals surface area contributed by atoms with Gasteiger partial charge in [0, 0.05) is 12.7 Å². The zero-order valence-corrected chi connectivity index (χ0v) is 12.3. The fourth-order valence-electron chi connectivity index (χ4n) is 2.17. The largest absolute Gasteiger partial charge is 0.397 e. The number of nitrogens with two attached hydrogens (primary N) is 1. The molecule has 4 nitrogen and oxygen atoms in total. The van der Waals surface area contributed by atoms with Gasteiger partial charge in [-0.15, -0.1) is 0 Å². The maximum Gasteiger partial charge on any atom is 0.333 e. The molecule has 1 aromatic carbocycles. The fraction of sp³-hybridized carbons (Fsp3) is 0.188. The molecule has 1 aromatic heterocycles. The molecule has 0 aliphatic heterocycles. The van der Waals surface area contributed by atoms with E-state index < -0.39 is 5.83 Å². The first-order valence-corrected chi connectivity index (χ1v) is 6.63. The number of fused-ring (bicyclic) bond motifs is 1. The highest BCUT2D eigenvalue weighted by Gasteiger charge is 2.13. The van der Waals surface area contributed by atoms with Crippen molar-refractivity contribution in [1.29, 1.82) is 0 Å². The molecule has 21 heavy (non-hydrogen) atoms. The van der Waals surface area contributed by atoms with Gasteiger partial charge in [0.1, 0.15) is 5.83 Å². The molecule has 0 saturated carbocycles. The monoisotopic (exact) mass is 287 g/mol. The zero-order chi connectivity index (χ0) is 15.6. The lowest BCUT2D eigenvalue weighted by molar-refractivity contribution is 0.647. The highest BCUT2D eigenvalue weighted by Crippen LogP contribution is 2.19. The van der Waals surface area contributed by atoms with Crippen LogP contribution in [-0.2, 0) is 7.05 Å². The minimum absolute atomic E-state index is 0.0441. The van der Waals surface area contributed by atoms with E-state index in [0.29, 0.717) is 5.70 Å². The smallest absolute Gasteiger partial charge is 0.333 e. The molecule has 2 aromatic rings. The average molecular weight is 287 g/mol. The summed E-state index contributed by atoms with van der Waals surface area (Å²) in [6.07, 6.45) is 4.42. The Labute approximate surface area is 122 Å². The van der Waals surface area contributed by atoms with Gasteiger partial charge < -0.3 is 5.73 Å². The fourth-order valence-corrected chi connectivity index (χ4v) is 2.17. The van der Waals surface area contributed by atoms with Gasteiger partial charge in [-0.3, -0.25) is 9.13 Å². The number of aromatic nitrogens is 2. The number of allylic oxidation sites excluding steroid dienone is 5. The van der Waals surface area contributed by atoms with Gasteiger partial charge in [0.05, 0.1) is 16.7 Å². The molecule has 110 valence electrons. The molecule has 0 fully saturated rings. The Morgan fingerprint density at radius 1 is 1.19 bits per heavy atom. The number of nitrogens with zero attached hydrogens (tertiary/aromatic N) is 2. The van der Waals surface area contributed by atoms with Crippen molar-refractivity contribution in [3.05, 3.63) is 64.5 Å². The maximum atomic E-state index is 14.0. The zero-order valence-electron chi connectivity index (χ0n) is 12.3. The Balaban J connectivity index is 2.71. The first-order chi connectivity index (χ1) is 10.0. The SMILES string of the molecule is C\C=C(N)/C(F)=C\C(=C/C)n1c(=O)n(C)c2ccccc21. The summed E-state index contributed by atoms with van der Waals surface area (Å²) in [4.78, 5) is 12.4. The second kappa shape index (κ2) is 5.83. The topological polar surface area (TPSA) is 52.9 Å². The predicted molar refractivity (Wildman–Crippen MR) is 84.3 cm³/mol. The third-order valence-corrected chi connectivity index (χ3v) is 3.38. The van der Waals surface area contributed by atoms with E-state index in [-0.39, 0.29) is 11.4 Å². The minimum Gasteiger partial charge on any atom is -0.397 e. The number of hydrogen-bond donors (Lipinski definition) is 1. The van der Waals surface area contributed by atoms with Gasteiger partial charge in [0.2, 0.25) is 0 Å². The summed E-state index contributed by atoms with van der Waals surface area (Å²) < 4.78 is 17.0. The third-order valence-electron chi connectivity index (χ3n) is 3.38. The third kappa shape index (κ3) is 2.54. The number of rotatable bonds is 3. The second-order valence-electron chi connectivity index (χ2n) is 4.62. The minimum atomic E-state index is -0.564. The van der Waals surface area contributed by atoms with E-state index in [0.717, 1.165) is 11.0 Å². The molecule has 5 heteroatoms. The normalized spacial score (nSPS) is 14.0. The van der Waals surface area contributed by atoms with Crippen LogP contribution in [0.2, 0.25) is 0 Å². The van der Waals surface area contributed by atoms with Crippen molar-refractivity contribution in [3.8, 4) is 0 Å². The van der Waals surface area contributed by atoms with Crippen LogP contribution in [0.3, 0.4) is 0 Å². The quantitative estimate of drug-likeness (QED) is 0.882. The van der Waals surface area contributed by atoms with Crippen molar-refractivity contribution in [3.63, 3.8) is 0 Å². The average Bonchev–Trinajstić information content (AvgIpc) is 2.76. The van der Waals surface area contributed by atoms with Crippen LogP contribution >= 0.6 is 0 Å². The number of benzene rings is 1. The molecule has 0 aliphatic rings. The molecule has 0 amide bonds. The predicted octanol–water partition coefficient (Wildman–Crippen LogP) is 2.92. The molecular weight excluding hydrogens is 269 g/mol. The lowest BCUT2D eigenvalue weighted by Gasteiger charge is -2.05. The van der Waals surface area contributed by atoms with Crippen molar-refractivity contribution in [2.75, 3.05) is 0 Å². The van der Waals surface area contributed by atoms with E-state index >= 15 is 0 Å². The van der Waals surface area contributed by atoms with Crippen LogP contribution < -0.4 is 11.4 Å². The molecule has 0 aliphatic carbocycles. The van der Waals surface area contributed by atoms with E-state index in [9.17, 15) is 9.18 Å². The summed E-state index contributed by atoms with van der Waals surface area (Å²) in [6.45, 7) is 3.40. The number of hydrogen-bond acceptors (Lipinski definition) is 2. The Morgan fingerprint density at radius 2 is 1.81 bits per heavy atom. The van der Waals surface area contributed by atoms with Gasteiger partial charge in [-0.25, -0.2) is 9.18 Å². The Kier molecular flexibility index (Phi) is 4.12. The van der Waals surface area contributed by atoms with Crippen LogP contribution in [0.15, 0.2) is 58.8 Å². The van der Waals surface area contributed by atoms with Crippen LogP contribution in [0.5, 0.6) is 0 Å². The molecule has 0 spiro atoms. The molecule has 0 atom stereocenters. The van der Waals surface area contributed by atoms with E-state index in [1.807, 2.05) is 24.3 Å². The first-order valence-electron chi connectivity index (χ1n) is 6.63. The summed E-state index contributed by atoms with van der Waals surface area (Å²) >= 11 is 0. The lowest BCUT2D eigenvalue weighted by atomic mass is 10.2. The number of para-hydroxylation sites is 2. The highest BCUT2D eigenvalue weighted by atomic mass is 19.1. The Hall–Kier alpha value is -2.56. The van der Waals surface area contributed by atoms with Crippen molar-refractivity contribution in [2.24, 2.45) is 12.8 Å². The summed E-state index contributed by atoms with van der Waals surface area (Å²) in [5.41, 5.74) is 7.32. The lowest BCUT2D eigenvalue weighted by Crippen LogP contribution is -2.21. The van der Waals surface area contributed by atoms with Crippen LogP contribution in [-0.4, -0.2) is 9.13 Å². The molecule has 0 radical (unpaired) electrons. The Morgan fingerprint density at radius 3 is 2.38 bits per heavy atom. The highest BCUT2D eigenvalue weighted by molar-refractivity contribution is 5.81. The van der Waals surface area contributed by atoms with Gasteiger partial charge >= 0.3 is 5.69 Å². The molecule has 2 N–H and O–H groups in total. The first kappa shape index (κ1) is 14.8. The van der Waals surface area contributed by atoms with Crippen LogP contribution in [0.25, 0.3) is 16.7 Å². The number of halogens is 1. The van der Waals surface area contributed by atoms with Gasteiger partial charge in [-0.1, -0.05) is 24.3 Å². The maximum absolute atomic E-state index is 14.0. The molecule has 2 rings (SSSR count). The molecule has 1 heterocycles. The van der Waals surface area contributed by atoms with Crippen molar-refractivity contribution in [2.45, 2.75) is 13.8 Å². The van der Waals surface area contributed by atoms with Gasteiger partial charge in [-0.05, 0) is 32.1 Å². The van der Waals surface area contributed by atoms with Gasteiger partial charge in [0.25, 0.3) is 0 Å². The van der Waals surface area contributed by atoms with E-state index in [1.165, 1.54) is 21.3 Å². The second-order valence-corrected chi connectivity index (χ2v) is 4.62. The summed E-state index contributed by atoms with van der Waals surface area (Å²) in [5.74, 6) is -0.564. The molecular formula is C16H18FN3O. The number of imidazole rings is 1. The van der Waals surface area contributed by atoms with Crippen molar-refractivity contribution >= 4 is 16.7 Å².